The Kier molecular flexibility index (Phi) is 12.5. The smallest absolute Gasteiger partial charge is 0.336 e. The number of benzene rings is 4. The van der Waals surface area contributed by atoms with Crippen LogP contribution in [0, 0.1) is 0 Å². The van der Waals surface area contributed by atoms with Crippen molar-refractivity contribution in [2.24, 2.45) is 5.10 Å². The summed E-state index contributed by atoms with van der Waals surface area (Å²) in [5, 5.41) is 7.44. The van der Waals surface area contributed by atoms with E-state index < -0.39 is 11.9 Å². The highest BCUT2D eigenvalue weighted by molar-refractivity contribution is 9.11. The van der Waals surface area contributed by atoms with Gasteiger partial charge in [-0.25, -0.2) is 10.2 Å². The molecule has 0 aliphatic carbocycles. The lowest BCUT2D eigenvalue weighted by Crippen LogP contribution is -2.18. The Hall–Kier alpha value is -4.45. The van der Waals surface area contributed by atoms with Gasteiger partial charge in [0.2, 0.25) is 0 Å². The first kappa shape index (κ1) is 34.4. The van der Waals surface area contributed by atoms with Gasteiger partial charge < -0.3 is 19.5 Å². The van der Waals surface area contributed by atoms with Crippen LogP contribution >= 0.6 is 43.5 Å². The van der Waals surface area contributed by atoms with E-state index in [0.717, 1.165) is 5.56 Å². The van der Waals surface area contributed by atoms with E-state index in [-0.39, 0.29) is 17.2 Å². The van der Waals surface area contributed by atoms with Gasteiger partial charge in [0.05, 0.1) is 23.9 Å². The first-order chi connectivity index (χ1) is 22.2. The number of carbonyl (C=O) groups is 3. The lowest BCUT2D eigenvalue weighted by molar-refractivity contribution is -0.128. The van der Waals surface area contributed by atoms with Gasteiger partial charge in [-0.15, -0.1) is 0 Å². The second-order valence-corrected chi connectivity index (χ2v) is 11.6. The number of hydrazone groups is 1. The Morgan fingerprint density at radius 3 is 2.30 bits per heavy atom. The molecule has 0 atom stereocenters. The SMILES string of the molecule is CCOc1ccc(C(=O)Nc2cccc(C(=O)NN=Cc3cc(Br)cc(Br)c3OC(=O)/C=C/c3ccc(Cl)cc3)c2)cc1OCC. The Balaban J connectivity index is 1.42. The van der Waals surface area contributed by atoms with Gasteiger partial charge in [0.15, 0.2) is 17.2 Å². The number of amides is 2. The predicted molar refractivity (Wildman–Crippen MR) is 186 cm³/mol. The summed E-state index contributed by atoms with van der Waals surface area (Å²) in [6, 6.07) is 21.7. The van der Waals surface area contributed by atoms with Crippen molar-refractivity contribution in [1.29, 1.82) is 0 Å². The highest BCUT2D eigenvalue weighted by Gasteiger charge is 2.15. The second kappa shape index (κ2) is 16.7. The minimum absolute atomic E-state index is 0.207. The Labute approximate surface area is 287 Å². The highest BCUT2D eigenvalue weighted by atomic mass is 79.9. The molecule has 0 aliphatic rings. The molecule has 0 aliphatic heterocycles. The molecule has 4 rings (SSSR count). The number of rotatable bonds is 12. The maximum atomic E-state index is 13.0. The number of nitrogens with zero attached hydrogens (tertiary/aromatic N) is 1. The summed E-state index contributed by atoms with van der Waals surface area (Å²) in [6.07, 6.45) is 4.25. The van der Waals surface area contributed by atoms with Crippen LogP contribution in [0.5, 0.6) is 17.2 Å². The molecule has 0 unspecified atom stereocenters. The van der Waals surface area contributed by atoms with Crippen molar-refractivity contribution in [3.05, 3.63) is 121 Å². The van der Waals surface area contributed by atoms with Crippen LogP contribution in [-0.2, 0) is 4.79 Å². The molecule has 0 spiro atoms. The standard InChI is InChI=1S/C34H28Br2ClN3O6/c1-3-44-29-14-11-23(18-30(29)45-4-2)33(42)39-27-7-5-6-22(17-27)34(43)40-38-20-24-16-25(35)19-28(36)32(24)46-31(41)15-10-21-8-12-26(37)13-9-21/h5-20H,3-4H2,1-2H3,(H,39,42)(H,40,43)/b15-10+,38-20?. The number of hydrogen-bond acceptors (Lipinski definition) is 7. The second-order valence-electron chi connectivity index (χ2n) is 9.37. The fourth-order valence-corrected chi connectivity index (χ4v) is 5.48. The zero-order valence-corrected chi connectivity index (χ0v) is 28.6. The van der Waals surface area contributed by atoms with Crippen LogP contribution in [0.1, 0.15) is 45.7 Å². The summed E-state index contributed by atoms with van der Waals surface area (Å²) in [7, 11) is 0. The highest BCUT2D eigenvalue weighted by Crippen LogP contribution is 2.32. The van der Waals surface area contributed by atoms with Crippen LogP contribution in [0.15, 0.2) is 99.0 Å². The van der Waals surface area contributed by atoms with Crippen molar-refractivity contribution in [2.45, 2.75) is 13.8 Å². The quantitative estimate of drug-likeness (QED) is 0.0493. The molecule has 2 N–H and O–H groups in total. The van der Waals surface area contributed by atoms with Gasteiger partial charge >= 0.3 is 5.97 Å². The van der Waals surface area contributed by atoms with E-state index in [9.17, 15) is 14.4 Å². The molecule has 0 saturated heterocycles. The normalized spacial score (nSPS) is 11.0. The molecule has 4 aromatic rings. The Morgan fingerprint density at radius 1 is 0.848 bits per heavy atom. The van der Waals surface area contributed by atoms with Crippen LogP contribution in [0.3, 0.4) is 0 Å². The first-order valence-corrected chi connectivity index (χ1v) is 15.9. The van der Waals surface area contributed by atoms with Crippen molar-refractivity contribution >= 4 is 79.2 Å². The van der Waals surface area contributed by atoms with Crippen LogP contribution in [0.25, 0.3) is 6.08 Å². The van der Waals surface area contributed by atoms with Gasteiger partial charge in [-0.3, -0.25) is 9.59 Å². The minimum atomic E-state index is -0.616. The van der Waals surface area contributed by atoms with Crippen LogP contribution in [0.4, 0.5) is 5.69 Å². The van der Waals surface area contributed by atoms with Crippen molar-refractivity contribution in [1.82, 2.24) is 5.43 Å². The van der Waals surface area contributed by atoms with Crippen molar-refractivity contribution in [3.63, 3.8) is 0 Å². The molecule has 0 fully saturated rings. The number of hydrogen-bond donors (Lipinski definition) is 2. The van der Waals surface area contributed by atoms with Crippen LogP contribution in [0.2, 0.25) is 5.02 Å². The van der Waals surface area contributed by atoms with E-state index in [1.807, 2.05) is 13.8 Å². The summed E-state index contributed by atoms with van der Waals surface area (Å²) in [4.78, 5) is 38.4. The third-order valence-corrected chi connectivity index (χ3v) is 7.38. The van der Waals surface area contributed by atoms with E-state index in [1.54, 1.807) is 78.9 Å². The average molecular weight is 770 g/mol. The molecule has 4 aromatic carbocycles. The summed E-state index contributed by atoms with van der Waals surface area (Å²) >= 11 is 12.7. The van der Waals surface area contributed by atoms with E-state index >= 15 is 0 Å². The third kappa shape index (κ3) is 9.77. The molecular formula is C34H28Br2ClN3O6. The van der Waals surface area contributed by atoms with Gasteiger partial charge in [-0.05, 0) is 102 Å². The topological polar surface area (TPSA) is 115 Å². The van der Waals surface area contributed by atoms with E-state index in [1.165, 1.54) is 18.4 Å². The van der Waals surface area contributed by atoms with E-state index in [2.05, 4.69) is 47.7 Å². The van der Waals surface area contributed by atoms with Crippen LogP contribution in [-0.4, -0.2) is 37.2 Å². The fraction of sp³-hybridized carbons (Fsp3) is 0.118. The molecule has 0 aromatic heterocycles. The van der Waals surface area contributed by atoms with E-state index in [4.69, 9.17) is 25.8 Å². The van der Waals surface area contributed by atoms with Crippen LogP contribution < -0.4 is 25.0 Å². The molecule has 46 heavy (non-hydrogen) atoms. The minimum Gasteiger partial charge on any atom is -0.490 e. The van der Waals surface area contributed by atoms with Crippen molar-refractivity contribution < 1.29 is 28.6 Å². The summed E-state index contributed by atoms with van der Waals surface area (Å²) in [5.74, 6) is -0.303. The van der Waals surface area contributed by atoms with Gasteiger partial charge in [0.1, 0.15) is 0 Å². The van der Waals surface area contributed by atoms with E-state index in [0.29, 0.717) is 55.5 Å². The number of esters is 1. The Morgan fingerprint density at radius 2 is 1.57 bits per heavy atom. The summed E-state index contributed by atoms with van der Waals surface area (Å²) in [5.41, 5.74) is 4.68. The molecule has 0 bridgehead atoms. The maximum absolute atomic E-state index is 13.0. The lowest BCUT2D eigenvalue weighted by Gasteiger charge is -2.13. The van der Waals surface area contributed by atoms with Gasteiger partial charge in [0, 0.05) is 37.9 Å². The molecule has 12 heteroatoms. The summed E-state index contributed by atoms with van der Waals surface area (Å²) < 4.78 is 17.9. The molecular weight excluding hydrogens is 742 g/mol. The molecule has 0 heterocycles. The van der Waals surface area contributed by atoms with Gasteiger partial charge in [-0.1, -0.05) is 45.7 Å². The molecule has 0 saturated carbocycles. The van der Waals surface area contributed by atoms with Crippen molar-refractivity contribution in [2.75, 3.05) is 18.5 Å². The number of carbonyl (C=O) groups excluding carboxylic acids is 3. The third-order valence-electron chi connectivity index (χ3n) is 6.08. The molecule has 0 radical (unpaired) electrons. The molecule has 9 nitrogen and oxygen atoms in total. The molecule has 236 valence electrons. The monoisotopic (exact) mass is 767 g/mol. The largest absolute Gasteiger partial charge is 0.490 e. The van der Waals surface area contributed by atoms with Gasteiger partial charge in [0.25, 0.3) is 11.8 Å². The van der Waals surface area contributed by atoms with Gasteiger partial charge in [-0.2, -0.15) is 5.10 Å². The maximum Gasteiger partial charge on any atom is 0.336 e. The lowest BCUT2D eigenvalue weighted by atomic mass is 10.1. The summed E-state index contributed by atoms with van der Waals surface area (Å²) in [6.45, 7) is 4.59. The number of ether oxygens (including phenoxy) is 3. The first-order valence-electron chi connectivity index (χ1n) is 14.0. The number of halogens is 3. The zero-order chi connectivity index (χ0) is 33.1. The average Bonchev–Trinajstić information content (AvgIpc) is 3.03. The number of nitrogens with one attached hydrogen (secondary N) is 2. The number of anilines is 1. The van der Waals surface area contributed by atoms with Crippen molar-refractivity contribution in [3.8, 4) is 17.2 Å². The zero-order valence-electron chi connectivity index (χ0n) is 24.7. The fourth-order valence-electron chi connectivity index (χ4n) is 4.02. The Bertz CT molecular complexity index is 1790. The predicted octanol–water partition coefficient (Wildman–Crippen LogP) is 8.30. The molecule has 2 amide bonds.